The van der Waals surface area contributed by atoms with Gasteiger partial charge in [-0.15, -0.1) is 0 Å². The summed E-state index contributed by atoms with van der Waals surface area (Å²) in [6, 6.07) is 8.13. The highest BCUT2D eigenvalue weighted by atomic mass is 16.4. The van der Waals surface area contributed by atoms with E-state index in [2.05, 4.69) is 28.2 Å². The summed E-state index contributed by atoms with van der Waals surface area (Å²) in [6.07, 6.45) is 3.23. The zero-order valence-corrected chi connectivity index (χ0v) is 13.0. The highest BCUT2D eigenvalue weighted by molar-refractivity contribution is 5.85. The number of benzene rings is 1. The van der Waals surface area contributed by atoms with E-state index in [-0.39, 0.29) is 18.2 Å². The molecule has 5 heteroatoms. The number of aliphatic carboxylic acids is 1. The average molecular weight is 302 g/mol. The molecule has 0 fully saturated rings. The number of nitrogens with one attached hydrogen (secondary N) is 1. The number of amides is 1. The van der Waals surface area contributed by atoms with Crippen LogP contribution in [0.1, 0.15) is 25.3 Å². The van der Waals surface area contributed by atoms with E-state index >= 15 is 0 Å². The van der Waals surface area contributed by atoms with Gasteiger partial charge in [0, 0.05) is 43.5 Å². The Balaban J connectivity index is 1.87. The fourth-order valence-corrected chi connectivity index (χ4v) is 2.62. The van der Waals surface area contributed by atoms with Crippen LogP contribution in [-0.2, 0) is 23.1 Å². The van der Waals surface area contributed by atoms with Gasteiger partial charge in [-0.1, -0.05) is 25.1 Å². The van der Waals surface area contributed by atoms with E-state index in [4.69, 9.17) is 5.11 Å². The van der Waals surface area contributed by atoms with E-state index in [1.165, 1.54) is 5.39 Å². The van der Waals surface area contributed by atoms with Crippen LogP contribution < -0.4 is 5.32 Å². The lowest BCUT2D eigenvalue weighted by Gasteiger charge is -2.10. The Morgan fingerprint density at radius 1 is 1.32 bits per heavy atom. The standard InChI is InChI=1S/C17H22N2O3/c1-12(9-17(21)22)10-18-16(20)8-7-13-11-19(2)15-6-4-3-5-14(13)15/h3-6,11-12H,7-10H2,1-2H3,(H,18,20)(H,21,22). The summed E-state index contributed by atoms with van der Waals surface area (Å²) >= 11 is 0. The Hall–Kier alpha value is -2.30. The molecule has 2 N–H and O–H groups in total. The summed E-state index contributed by atoms with van der Waals surface area (Å²) in [5, 5.41) is 12.7. The first-order chi connectivity index (χ1) is 10.5. The number of para-hydroxylation sites is 1. The molecule has 1 aromatic heterocycles. The van der Waals surface area contributed by atoms with E-state index < -0.39 is 5.97 Å². The molecule has 118 valence electrons. The molecular formula is C17H22N2O3. The average Bonchev–Trinajstić information content (AvgIpc) is 2.79. The predicted octanol–water partition coefficient (Wildman–Crippen LogP) is 2.34. The first-order valence-corrected chi connectivity index (χ1v) is 7.48. The van der Waals surface area contributed by atoms with Gasteiger partial charge in [0.1, 0.15) is 0 Å². The summed E-state index contributed by atoms with van der Waals surface area (Å²) in [5.74, 6) is -0.929. The van der Waals surface area contributed by atoms with Gasteiger partial charge in [0.05, 0.1) is 0 Å². The van der Waals surface area contributed by atoms with E-state index in [1.807, 2.05) is 26.1 Å². The Kier molecular flexibility index (Phi) is 5.20. The molecule has 1 atom stereocenters. The van der Waals surface area contributed by atoms with Crippen LogP contribution in [0.2, 0.25) is 0 Å². The number of hydrogen-bond donors (Lipinski definition) is 2. The lowest BCUT2D eigenvalue weighted by Crippen LogP contribution is -2.29. The molecule has 0 saturated carbocycles. The van der Waals surface area contributed by atoms with Crippen molar-refractivity contribution in [2.75, 3.05) is 6.54 Å². The molecule has 2 aromatic rings. The van der Waals surface area contributed by atoms with Gasteiger partial charge in [-0.05, 0) is 24.0 Å². The highest BCUT2D eigenvalue weighted by Gasteiger charge is 2.11. The van der Waals surface area contributed by atoms with Gasteiger partial charge in [-0.3, -0.25) is 9.59 Å². The molecule has 1 aromatic carbocycles. The fourth-order valence-electron chi connectivity index (χ4n) is 2.62. The number of carbonyl (C=O) groups is 2. The number of carbonyl (C=O) groups excluding carboxylic acids is 1. The van der Waals surface area contributed by atoms with Crippen LogP contribution in [0.25, 0.3) is 10.9 Å². The number of carboxylic acids is 1. The molecule has 0 bridgehead atoms. The van der Waals surface area contributed by atoms with Crippen LogP contribution in [-0.4, -0.2) is 28.1 Å². The van der Waals surface area contributed by atoms with Crippen molar-refractivity contribution in [3.05, 3.63) is 36.0 Å². The topological polar surface area (TPSA) is 71.3 Å². The molecule has 22 heavy (non-hydrogen) atoms. The van der Waals surface area contributed by atoms with Gasteiger partial charge in [0.2, 0.25) is 5.91 Å². The van der Waals surface area contributed by atoms with Gasteiger partial charge >= 0.3 is 5.97 Å². The first kappa shape index (κ1) is 16.1. The highest BCUT2D eigenvalue weighted by Crippen LogP contribution is 2.21. The summed E-state index contributed by atoms with van der Waals surface area (Å²) in [4.78, 5) is 22.5. The Morgan fingerprint density at radius 2 is 2.05 bits per heavy atom. The SMILES string of the molecule is CC(CNC(=O)CCc1cn(C)c2ccccc12)CC(=O)O. The van der Waals surface area contributed by atoms with Crippen molar-refractivity contribution in [2.24, 2.45) is 13.0 Å². The molecule has 2 rings (SSSR count). The number of carboxylic acid groups (broad SMARTS) is 1. The third-order valence-electron chi connectivity index (χ3n) is 3.77. The molecule has 0 radical (unpaired) electrons. The number of hydrogen-bond acceptors (Lipinski definition) is 2. The minimum Gasteiger partial charge on any atom is -0.481 e. The second kappa shape index (κ2) is 7.11. The summed E-state index contributed by atoms with van der Waals surface area (Å²) < 4.78 is 2.07. The van der Waals surface area contributed by atoms with Crippen molar-refractivity contribution in [1.29, 1.82) is 0 Å². The summed E-state index contributed by atoms with van der Waals surface area (Å²) in [6.45, 7) is 2.22. The third-order valence-corrected chi connectivity index (χ3v) is 3.77. The smallest absolute Gasteiger partial charge is 0.303 e. The predicted molar refractivity (Wildman–Crippen MR) is 85.7 cm³/mol. The number of aromatic nitrogens is 1. The number of fused-ring (bicyclic) bond motifs is 1. The maximum atomic E-state index is 11.9. The van der Waals surface area contributed by atoms with Crippen molar-refractivity contribution in [3.8, 4) is 0 Å². The van der Waals surface area contributed by atoms with E-state index in [9.17, 15) is 9.59 Å². The molecule has 1 heterocycles. The second-order valence-electron chi connectivity index (χ2n) is 5.79. The summed E-state index contributed by atoms with van der Waals surface area (Å²) in [5.41, 5.74) is 2.32. The minimum atomic E-state index is -0.836. The molecule has 0 saturated heterocycles. The number of nitrogens with zero attached hydrogens (tertiary/aromatic N) is 1. The van der Waals surface area contributed by atoms with Gasteiger partial charge in [-0.2, -0.15) is 0 Å². The zero-order valence-electron chi connectivity index (χ0n) is 13.0. The monoisotopic (exact) mass is 302 g/mol. The van der Waals surface area contributed by atoms with Gasteiger partial charge in [-0.25, -0.2) is 0 Å². The second-order valence-corrected chi connectivity index (χ2v) is 5.79. The molecule has 5 nitrogen and oxygen atoms in total. The van der Waals surface area contributed by atoms with Gasteiger partial charge in [0.15, 0.2) is 0 Å². The maximum absolute atomic E-state index is 11.9. The van der Waals surface area contributed by atoms with Crippen molar-refractivity contribution < 1.29 is 14.7 Å². The van der Waals surface area contributed by atoms with Crippen molar-refractivity contribution in [3.63, 3.8) is 0 Å². The van der Waals surface area contributed by atoms with Crippen LogP contribution in [0.15, 0.2) is 30.5 Å². The van der Waals surface area contributed by atoms with Crippen molar-refractivity contribution in [2.45, 2.75) is 26.2 Å². The van der Waals surface area contributed by atoms with E-state index in [0.717, 1.165) is 11.1 Å². The van der Waals surface area contributed by atoms with Gasteiger partial charge in [0.25, 0.3) is 0 Å². The van der Waals surface area contributed by atoms with Crippen molar-refractivity contribution >= 4 is 22.8 Å². The minimum absolute atomic E-state index is 0.0369. The third kappa shape index (κ3) is 4.10. The molecule has 0 aliphatic carbocycles. The van der Waals surface area contributed by atoms with Crippen molar-refractivity contribution in [1.82, 2.24) is 9.88 Å². The Labute approximate surface area is 129 Å². The molecular weight excluding hydrogens is 280 g/mol. The van der Waals surface area contributed by atoms with Crippen LogP contribution in [0.4, 0.5) is 0 Å². The van der Waals surface area contributed by atoms with Crippen LogP contribution in [0.5, 0.6) is 0 Å². The lowest BCUT2D eigenvalue weighted by molar-refractivity contribution is -0.138. The normalized spacial score (nSPS) is 12.3. The Morgan fingerprint density at radius 3 is 2.77 bits per heavy atom. The van der Waals surface area contributed by atoms with E-state index in [1.54, 1.807) is 0 Å². The molecule has 0 spiro atoms. The molecule has 0 aliphatic rings. The zero-order chi connectivity index (χ0) is 16.1. The van der Waals surface area contributed by atoms with Crippen LogP contribution in [0.3, 0.4) is 0 Å². The van der Waals surface area contributed by atoms with E-state index in [0.29, 0.717) is 19.4 Å². The number of rotatable bonds is 7. The van der Waals surface area contributed by atoms with Gasteiger partial charge < -0.3 is 15.0 Å². The Bertz CT molecular complexity index is 676. The van der Waals surface area contributed by atoms with Crippen LogP contribution in [0, 0.1) is 5.92 Å². The summed E-state index contributed by atoms with van der Waals surface area (Å²) in [7, 11) is 2.00. The maximum Gasteiger partial charge on any atom is 0.303 e. The lowest BCUT2D eigenvalue weighted by atomic mass is 10.1. The quantitative estimate of drug-likeness (QED) is 0.824. The molecule has 0 aliphatic heterocycles. The largest absolute Gasteiger partial charge is 0.481 e. The van der Waals surface area contributed by atoms with Crippen LogP contribution >= 0.6 is 0 Å². The molecule has 1 unspecified atom stereocenters. The first-order valence-electron chi connectivity index (χ1n) is 7.48. The molecule has 1 amide bonds. The number of aryl methyl sites for hydroxylation is 2. The fraction of sp³-hybridized carbons (Fsp3) is 0.412.